The van der Waals surface area contributed by atoms with Crippen molar-refractivity contribution in [3.63, 3.8) is 0 Å². The minimum Gasteiger partial charge on any atom is -0.349 e. The van der Waals surface area contributed by atoms with Crippen LogP contribution in [0.25, 0.3) is 6.08 Å². The Morgan fingerprint density at radius 3 is 2.80 bits per heavy atom. The van der Waals surface area contributed by atoms with Crippen LogP contribution in [0.5, 0.6) is 0 Å². The van der Waals surface area contributed by atoms with Gasteiger partial charge in [0.1, 0.15) is 12.4 Å². The van der Waals surface area contributed by atoms with Crippen LogP contribution in [0.2, 0.25) is 0 Å². The van der Waals surface area contributed by atoms with Gasteiger partial charge in [-0.15, -0.1) is 11.8 Å². The molecular formula is C23H24FN3O2S. The lowest BCUT2D eigenvalue weighted by atomic mass is 9.93. The van der Waals surface area contributed by atoms with Gasteiger partial charge in [-0.2, -0.15) is 0 Å². The standard InChI is InChI=1S/C23H24FN3O2S/c24-18-9-2-1-7-16(18)13-21-23(29)27(19-10-3-4-11-20(19)30-21)15-22(28)26-14-17-8-5-6-12-25-17/h1-2,5-9,12-13,19-20H,3-4,10-11,14-15H2,(H,26,28)/b21-13-. The molecule has 2 heterocycles. The van der Waals surface area contributed by atoms with Gasteiger partial charge in [0.15, 0.2) is 0 Å². The Morgan fingerprint density at radius 1 is 1.20 bits per heavy atom. The molecule has 5 nitrogen and oxygen atoms in total. The number of aromatic nitrogens is 1. The topological polar surface area (TPSA) is 62.3 Å². The Kier molecular flexibility index (Phi) is 6.47. The molecule has 30 heavy (non-hydrogen) atoms. The lowest BCUT2D eigenvalue weighted by Gasteiger charge is -2.43. The smallest absolute Gasteiger partial charge is 0.261 e. The van der Waals surface area contributed by atoms with Crippen molar-refractivity contribution >= 4 is 29.7 Å². The van der Waals surface area contributed by atoms with Crippen molar-refractivity contribution < 1.29 is 14.0 Å². The molecule has 1 aliphatic carbocycles. The number of rotatable bonds is 5. The van der Waals surface area contributed by atoms with E-state index in [1.165, 1.54) is 17.8 Å². The molecule has 2 aromatic rings. The fourth-order valence-corrected chi connectivity index (χ4v) is 5.46. The Morgan fingerprint density at radius 2 is 2.00 bits per heavy atom. The minimum atomic E-state index is -0.358. The zero-order chi connectivity index (χ0) is 20.9. The Hall–Kier alpha value is -2.67. The van der Waals surface area contributed by atoms with Crippen molar-refractivity contribution in [2.24, 2.45) is 0 Å². The first-order valence-electron chi connectivity index (χ1n) is 10.2. The zero-order valence-electron chi connectivity index (χ0n) is 16.6. The van der Waals surface area contributed by atoms with E-state index in [0.717, 1.165) is 31.4 Å². The number of pyridine rings is 1. The molecule has 7 heteroatoms. The van der Waals surface area contributed by atoms with Gasteiger partial charge in [-0.25, -0.2) is 4.39 Å². The lowest BCUT2D eigenvalue weighted by molar-refractivity contribution is -0.135. The highest BCUT2D eigenvalue weighted by atomic mass is 32.2. The maximum absolute atomic E-state index is 14.1. The summed E-state index contributed by atoms with van der Waals surface area (Å²) in [6.45, 7) is 0.324. The molecule has 1 aromatic heterocycles. The van der Waals surface area contributed by atoms with Gasteiger partial charge in [0.05, 0.1) is 17.1 Å². The maximum Gasteiger partial charge on any atom is 0.261 e. The van der Waals surface area contributed by atoms with Crippen molar-refractivity contribution in [3.8, 4) is 0 Å². The van der Waals surface area contributed by atoms with Crippen LogP contribution in [-0.4, -0.2) is 39.5 Å². The third-order valence-corrected chi connectivity index (χ3v) is 6.92. The molecule has 0 spiro atoms. The summed E-state index contributed by atoms with van der Waals surface area (Å²) in [5, 5.41) is 3.09. The number of carbonyl (C=O) groups excluding carboxylic acids is 2. The summed E-state index contributed by atoms with van der Waals surface area (Å²) >= 11 is 1.53. The van der Waals surface area contributed by atoms with Gasteiger partial charge in [0.25, 0.3) is 5.91 Å². The van der Waals surface area contributed by atoms with Crippen LogP contribution in [0, 0.1) is 5.82 Å². The summed E-state index contributed by atoms with van der Waals surface area (Å²) in [5.41, 5.74) is 1.16. The number of carbonyl (C=O) groups is 2. The van der Waals surface area contributed by atoms with Crippen molar-refractivity contribution in [1.82, 2.24) is 15.2 Å². The first kappa shape index (κ1) is 20.6. The third kappa shape index (κ3) is 4.73. The van der Waals surface area contributed by atoms with E-state index in [1.54, 1.807) is 35.4 Å². The predicted molar refractivity (Wildman–Crippen MR) is 116 cm³/mol. The van der Waals surface area contributed by atoms with Gasteiger partial charge in [0, 0.05) is 23.1 Å². The summed E-state index contributed by atoms with van der Waals surface area (Å²) < 4.78 is 14.1. The first-order valence-corrected chi connectivity index (χ1v) is 11.1. The minimum absolute atomic E-state index is 0.00199. The fourth-order valence-electron chi connectivity index (χ4n) is 4.00. The molecular weight excluding hydrogens is 401 g/mol. The van der Waals surface area contributed by atoms with Gasteiger partial charge in [-0.3, -0.25) is 14.6 Å². The lowest BCUT2D eigenvalue weighted by Crippen LogP contribution is -2.54. The number of thioether (sulfide) groups is 1. The highest BCUT2D eigenvalue weighted by Crippen LogP contribution is 2.42. The summed E-state index contributed by atoms with van der Waals surface area (Å²) in [6.07, 6.45) is 7.33. The molecule has 156 valence electrons. The second-order valence-corrected chi connectivity index (χ2v) is 8.85. The molecule has 2 aliphatic rings. The van der Waals surface area contributed by atoms with Crippen molar-refractivity contribution in [2.45, 2.75) is 43.5 Å². The quantitative estimate of drug-likeness (QED) is 0.741. The predicted octanol–water partition coefficient (Wildman–Crippen LogP) is 3.76. The SMILES string of the molecule is O=C(CN1C(=O)/C(=C/c2ccccc2F)SC2CCCCC21)NCc1ccccn1. The molecule has 4 rings (SSSR count). The van der Waals surface area contributed by atoms with Gasteiger partial charge in [-0.1, -0.05) is 37.1 Å². The molecule has 1 N–H and O–H groups in total. The average molecular weight is 426 g/mol. The maximum atomic E-state index is 14.1. The summed E-state index contributed by atoms with van der Waals surface area (Å²) in [6, 6.07) is 12.0. The molecule has 1 aliphatic heterocycles. The highest BCUT2D eigenvalue weighted by Gasteiger charge is 2.41. The van der Waals surface area contributed by atoms with Crippen LogP contribution in [-0.2, 0) is 16.1 Å². The molecule has 1 saturated carbocycles. The van der Waals surface area contributed by atoms with Gasteiger partial charge in [0.2, 0.25) is 5.91 Å². The number of hydrogen-bond donors (Lipinski definition) is 1. The molecule has 2 fully saturated rings. The zero-order valence-corrected chi connectivity index (χ0v) is 17.4. The van der Waals surface area contributed by atoms with E-state index in [-0.39, 0.29) is 35.5 Å². The average Bonchev–Trinajstić information content (AvgIpc) is 2.77. The van der Waals surface area contributed by atoms with Gasteiger partial charge >= 0.3 is 0 Å². The van der Waals surface area contributed by atoms with E-state index < -0.39 is 0 Å². The van der Waals surface area contributed by atoms with Crippen molar-refractivity contribution in [3.05, 3.63) is 70.6 Å². The van der Waals surface area contributed by atoms with Crippen molar-refractivity contribution in [2.75, 3.05) is 6.54 Å². The number of hydrogen-bond acceptors (Lipinski definition) is 4. The number of fused-ring (bicyclic) bond motifs is 1. The van der Waals surface area contributed by atoms with Crippen LogP contribution >= 0.6 is 11.8 Å². The van der Waals surface area contributed by atoms with E-state index in [2.05, 4.69) is 10.3 Å². The van der Waals surface area contributed by atoms with Crippen LogP contribution in [0.4, 0.5) is 4.39 Å². The molecule has 0 bridgehead atoms. The van der Waals surface area contributed by atoms with Crippen LogP contribution in [0.3, 0.4) is 0 Å². The van der Waals surface area contributed by atoms with E-state index in [0.29, 0.717) is 17.0 Å². The van der Waals surface area contributed by atoms with Crippen molar-refractivity contribution in [1.29, 1.82) is 0 Å². The van der Waals surface area contributed by atoms with Crippen LogP contribution in [0.15, 0.2) is 53.6 Å². The normalized spacial score (nSPS) is 22.6. The number of benzene rings is 1. The molecule has 2 unspecified atom stereocenters. The van der Waals surface area contributed by atoms with E-state index in [4.69, 9.17) is 0 Å². The van der Waals surface area contributed by atoms with Gasteiger partial charge < -0.3 is 10.2 Å². The van der Waals surface area contributed by atoms with E-state index in [1.807, 2.05) is 18.2 Å². The van der Waals surface area contributed by atoms with E-state index >= 15 is 0 Å². The number of halogens is 1. The van der Waals surface area contributed by atoms with E-state index in [9.17, 15) is 14.0 Å². The number of nitrogens with one attached hydrogen (secondary N) is 1. The molecule has 1 saturated heterocycles. The monoisotopic (exact) mass is 425 g/mol. The third-order valence-electron chi connectivity index (χ3n) is 5.52. The first-order chi connectivity index (χ1) is 14.6. The van der Waals surface area contributed by atoms with Crippen LogP contribution < -0.4 is 5.32 Å². The summed E-state index contributed by atoms with van der Waals surface area (Å²) in [7, 11) is 0. The second-order valence-electron chi connectivity index (χ2n) is 7.57. The summed E-state index contributed by atoms with van der Waals surface area (Å²) in [5.74, 6) is -0.765. The number of nitrogens with zero attached hydrogens (tertiary/aromatic N) is 2. The van der Waals surface area contributed by atoms with Gasteiger partial charge in [-0.05, 0) is 37.1 Å². The second kappa shape index (κ2) is 9.43. The molecule has 2 atom stereocenters. The van der Waals surface area contributed by atoms with Crippen LogP contribution in [0.1, 0.15) is 36.9 Å². The summed E-state index contributed by atoms with van der Waals surface area (Å²) in [4.78, 5) is 32.2. The largest absolute Gasteiger partial charge is 0.349 e. The Bertz CT molecular complexity index is 950. The number of amides is 2. The Labute approximate surface area is 179 Å². The Balaban J connectivity index is 1.51. The molecule has 0 radical (unpaired) electrons. The fraction of sp³-hybridized carbons (Fsp3) is 0.348. The molecule has 1 aromatic carbocycles. The highest BCUT2D eigenvalue weighted by molar-refractivity contribution is 8.04. The molecule has 2 amide bonds.